The Morgan fingerprint density at radius 2 is 1.83 bits per heavy atom. The Hall–Kier alpha value is -3.95. The molecule has 2 aromatic heterocycles. The summed E-state index contributed by atoms with van der Waals surface area (Å²) in [5, 5.41) is 11.6. The largest absolute Gasteiger partial charge is 0.487 e. The van der Waals surface area contributed by atoms with Gasteiger partial charge >= 0.3 is 0 Å². The van der Waals surface area contributed by atoms with Crippen molar-refractivity contribution >= 4 is 65.0 Å². The molecule has 10 nitrogen and oxygen atoms in total. The molecule has 0 fully saturated rings. The topological polar surface area (TPSA) is 140 Å². The molecule has 47 heavy (non-hydrogen) atoms. The van der Waals surface area contributed by atoms with Crippen LogP contribution in [0, 0.1) is 5.82 Å². The van der Waals surface area contributed by atoms with Crippen molar-refractivity contribution in [2.24, 2.45) is 0 Å². The lowest BCUT2D eigenvalue weighted by molar-refractivity contribution is 0.306. The first-order chi connectivity index (χ1) is 22.3. The number of nitrogens with one attached hydrogen (secondary N) is 2. The van der Waals surface area contributed by atoms with Gasteiger partial charge in [-0.1, -0.05) is 35.9 Å². The van der Waals surface area contributed by atoms with E-state index in [1.165, 1.54) is 42.1 Å². The van der Waals surface area contributed by atoms with Gasteiger partial charge in [0.05, 0.1) is 22.0 Å². The monoisotopic (exact) mass is 717 g/mol. The van der Waals surface area contributed by atoms with Crippen molar-refractivity contribution in [2.45, 2.75) is 20.1 Å². The fourth-order valence-corrected chi connectivity index (χ4v) is 6.18. The molecule has 0 saturated heterocycles. The minimum atomic E-state index is -3.01. The van der Waals surface area contributed by atoms with Crippen molar-refractivity contribution in [2.75, 3.05) is 30.1 Å². The third kappa shape index (κ3) is 11.7. The molecule has 0 bridgehead atoms. The molecule has 3 aromatic carbocycles. The minimum Gasteiger partial charge on any atom is -0.487 e. The molecule has 0 aliphatic rings. The summed E-state index contributed by atoms with van der Waals surface area (Å²) < 4.78 is 62.1. The van der Waals surface area contributed by atoms with Crippen LogP contribution in [0.4, 0.5) is 15.9 Å². The van der Waals surface area contributed by atoms with Gasteiger partial charge in [-0.05, 0) is 55.0 Å². The lowest BCUT2D eigenvalue weighted by Crippen LogP contribution is -2.21. The summed E-state index contributed by atoms with van der Waals surface area (Å²) in [5.41, 5.74) is 3.90. The van der Waals surface area contributed by atoms with E-state index in [0.29, 0.717) is 40.9 Å². The molecular weight excluding hydrogens is 685 g/mol. The number of hydrogen-bond acceptors (Lipinski definition) is 11. The van der Waals surface area contributed by atoms with Gasteiger partial charge in [0, 0.05) is 53.0 Å². The molecule has 0 radical (unpaired) electrons. The van der Waals surface area contributed by atoms with Crippen LogP contribution in [0.25, 0.3) is 22.2 Å². The molecule has 0 spiro atoms. The Bertz CT molecular complexity index is 2090. The molecule has 0 unspecified atom stereocenters. The molecule has 0 atom stereocenters. The molecule has 0 saturated carbocycles. The summed E-state index contributed by atoms with van der Waals surface area (Å²) in [5.74, 6) is 0.855. The maximum Gasteiger partial charge on any atom is 0.168 e. The fraction of sp³-hybridized carbons (Fsp3) is 0.219. The van der Waals surface area contributed by atoms with Gasteiger partial charge in [0.1, 0.15) is 45.2 Å². The van der Waals surface area contributed by atoms with E-state index in [1.54, 1.807) is 31.2 Å². The molecule has 0 aliphatic carbocycles. The number of nitrogens with zero attached hydrogens (tertiary/aromatic N) is 3. The van der Waals surface area contributed by atoms with E-state index >= 15 is 0 Å². The lowest BCUT2D eigenvalue weighted by atomic mass is 10.1. The predicted molar refractivity (Wildman–Crippen MR) is 187 cm³/mol. The average Bonchev–Trinajstić information content (AvgIpc) is 3.47. The lowest BCUT2D eigenvalue weighted by Gasteiger charge is -2.12. The molecule has 2 N–H and O–H groups in total. The van der Waals surface area contributed by atoms with Crippen LogP contribution in [0.1, 0.15) is 17.5 Å². The van der Waals surface area contributed by atoms with Crippen LogP contribution in [-0.2, 0) is 32.8 Å². The van der Waals surface area contributed by atoms with E-state index in [-0.39, 0.29) is 18.2 Å². The van der Waals surface area contributed by atoms with Gasteiger partial charge in [-0.25, -0.2) is 36.2 Å². The molecule has 5 aromatic rings. The fourth-order valence-electron chi connectivity index (χ4n) is 4.16. The number of anilines is 2. The van der Waals surface area contributed by atoms with E-state index in [4.69, 9.17) is 21.3 Å². The maximum atomic E-state index is 13.4. The quantitative estimate of drug-likeness (QED) is 0.136. The van der Waals surface area contributed by atoms with Gasteiger partial charge in [0.25, 0.3) is 0 Å². The van der Waals surface area contributed by atoms with Crippen molar-refractivity contribution < 1.29 is 26.0 Å². The Morgan fingerprint density at radius 3 is 2.51 bits per heavy atom. The number of hydrogen-bond donors (Lipinski definition) is 2. The maximum absolute atomic E-state index is 13.4. The van der Waals surface area contributed by atoms with Crippen LogP contribution in [0.3, 0.4) is 0 Å². The normalized spacial score (nSPS) is 11.8. The zero-order chi connectivity index (χ0) is 34.0. The Balaban J connectivity index is 0.000000644. The summed E-state index contributed by atoms with van der Waals surface area (Å²) in [4.78, 5) is 13.5. The van der Waals surface area contributed by atoms with Gasteiger partial charge < -0.3 is 15.4 Å². The highest BCUT2D eigenvalue weighted by Gasteiger charge is 2.11. The SMILES string of the molecule is C/C=C/S(C)(=O)=O.CS(=O)(=O)CCNCc1nc(-c2ccc3ncnc(Nc4ccc(OCc5cccc(F)c5)c(Cl)c4)c3c2)cs1. The van der Waals surface area contributed by atoms with Crippen molar-refractivity contribution in [3.63, 3.8) is 0 Å². The Kier molecular flexibility index (Phi) is 12.4. The number of halogens is 2. The first-order valence-electron chi connectivity index (χ1n) is 14.1. The van der Waals surface area contributed by atoms with Gasteiger partial charge in [-0.3, -0.25) is 0 Å². The van der Waals surface area contributed by atoms with E-state index < -0.39 is 19.7 Å². The highest BCUT2D eigenvalue weighted by molar-refractivity contribution is 7.93. The van der Waals surface area contributed by atoms with Crippen LogP contribution >= 0.6 is 22.9 Å². The molecule has 15 heteroatoms. The first-order valence-corrected chi connectivity index (χ1v) is 19.4. The zero-order valence-corrected chi connectivity index (χ0v) is 29.0. The molecule has 248 valence electrons. The number of aromatic nitrogens is 3. The van der Waals surface area contributed by atoms with Gasteiger partial charge in [-0.2, -0.15) is 0 Å². The number of sulfone groups is 2. The van der Waals surface area contributed by atoms with E-state index in [1.807, 2.05) is 29.6 Å². The van der Waals surface area contributed by atoms with Crippen molar-refractivity contribution in [3.05, 3.63) is 105 Å². The van der Waals surface area contributed by atoms with E-state index in [9.17, 15) is 21.2 Å². The third-order valence-electron chi connectivity index (χ3n) is 6.27. The Morgan fingerprint density at radius 1 is 1.02 bits per heavy atom. The number of fused-ring (bicyclic) bond motifs is 1. The van der Waals surface area contributed by atoms with Crippen molar-refractivity contribution in [1.82, 2.24) is 20.3 Å². The number of thiazole rings is 1. The van der Waals surface area contributed by atoms with Gasteiger partial charge in [0.15, 0.2) is 9.84 Å². The summed E-state index contributed by atoms with van der Waals surface area (Å²) in [6.45, 7) is 2.73. The zero-order valence-electron chi connectivity index (χ0n) is 25.8. The second-order valence-electron chi connectivity index (χ2n) is 10.4. The number of benzene rings is 3. The number of rotatable bonds is 12. The Labute approximate surface area is 282 Å². The van der Waals surface area contributed by atoms with Gasteiger partial charge in [-0.15, -0.1) is 11.3 Å². The minimum absolute atomic E-state index is 0.0849. The van der Waals surface area contributed by atoms with Crippen LogP contribution in [0.5, 0.6) is 5.75 Å². The van der Waals surface area contributed by atoms with Crippen LogP contribution < -0.4 is 15.4 Å². The summed E-state index contributed by atoms with van der Waals surface area (Å²) >= 11 is 7.98. The summed E-state index contributed by atoms with van der Waals surface area (Å²) in [6.07, 6.45) is 5.37. The second-order valence-corrected chi connectivity index (χ2v) is 15.9. The van der Waals surface area contributed by atoms with E-state index in [2.05, 4.69) is 20.6 Å². The van der Waals surface area contributed by atoms with Crippen molar-refractivity contribution in [3.8, 4) is 17.0 Å². The van der Waals surface area contributed by atoms with Crippen LogP contribution in [-0.4, -0.2) is 56.6 Å². The number of ether oxygens (including phenoxy) is 1. The average molecular weight is 718 g/mol. The highest BCUT2D eigenvalue weighted by Crippen LogP contribution is 2.32. The number of allylic oxidation sites excluding steroid dienone is 1. The molecule has 0 amide bonds. The second kappa shape index (κ2) is 16.2. The highest BCUT2D eigenvalue weighted by atomic mass is 35.5. The predicted octanol–water partition coefficient (Wildman–Crippen LogP) is 6.57. The van der Waals surface area contributed by atoms with Crippen LogP contribution in [0.2, 0.25) is 5.02 Å². The third-order valence-corrected chi connectivity index (χ3v) is 9.13. The van der Waals surface area contributed by atoms with Crippen LogP contribution in [0.15, 0.2) is 83.9 Å². The standard InChI is InChI=1S/C28H25ClFN5O3S2.C4H8O2S/c1-40(36,37)10-9-31-14-27-35-25(16-39-27)19-5-7-24-22(12-19)28(33-17-32-24)34-21-6-8-26(23(29)13-21)38-15-18-3-2-4-20(30)11-18;1-3-4-7(2,5)6/h2-8,11-13,16-17,31H,9-10,14-15H2,1H3,(H,32,33,34);3-4H,1-2H3/b;4-3+. The first kappa shape index (κ1) is 35.9. The summed E-state index contributed by atoms with van der Waals surface area (Å²) in [7, 11) is -5.86. The van der Waals surface area contributed by atoms with Gasteiger partial charge in [0.2, 0.25) is 0 Å². The van der Waals surface area contributed by atoms with E-state index in [0.717, 1.165) is 38.8 Å². The smallest absolute Gasteiger partial charge is 0.168 e. The molecule has 0 aliphatic heterocycles. The molecule has 2 heterocycles. The van der Waals surface area contributed by atoms with Crippen molar-refractivity contribution in [1.29, 1.82) is 0 Å². The molecule has 5 rings (SSSR count). The summed E-state index contributed by atoms with van der Waals surface area (Å²) in [6, 6.07) is 17.4. The molecular formula is C32H33ClFN5O5S3.